The lowest BCUT2D eigenvalue weighted by Crippen LogP contribution is -2.29. The van der Waals surface area contributed by atoms with Crippen LogP contribution >= 0.6 is 11.6 Å². The van der Waals surface area contributed by atoms with Gasteiger partial charge < -0.3 is 4.74 Å². The highest BCUT2D eigenvalue weighted by Gasteiger charge is 2.38. The highest BCUT2D eigenvalue weighted by molar-refractivity contribution is 6.30. The minimum atomic E-state index is -0.671. The summed E-state index contributed by atoms with van der Waals surface area (Å²) in [5.74, 6) is -1.38. The zero-order valence-electron chi connectivity index (χ0n) is 13.0. The Bertz CT molecular complexity index is 788. The van der Waals surface area contributed by atoms with Crippen molar-refractivity contribution in [1.29, 1.82) is 0 Å². The molecule has 24 heavy (non-hydrogen) atoms. The Morgan fingerprint density at radius 3 is 2.46 bits per heavy atom. The van der Waals surface area contributed by atoms with Crippen LogP contribution < -0.4 is 5.01 Å². The van der Waals surface area contributed by atoms with Crippen molar-refractivity contribution in [3.05, 3.63) is 65.2 Å². The van der Waals surface area contributed by atoms with Crippen LogP contribution in [-0.2, 0) is 14.3 Å². The molecule has 1 unspecified atom stereocenters. The molecule has 1 heterocycles. The molecule has 0 N–H and O–H groups in total. The van der Waals surface area contributed by atoms with E-state index in [1.807, 2.05) is 30.3 Å². The first-order valence-corrected chi connectivity index (χ1v) is 7.78. The van der Waals surface area contributed by atoms with E-state index in [4.69, 9.17) is 16.3 Å². The quantitative estimate of drug-likeness (QED) is 0.801. The van der Waals surface area contributed by atoms with Crippen LogP contribution in [0.3, 0.4) is 0 Å². The van der Waals surface area contributed by atoms with Crippen molar-refractivity contribution in [2.75, 3.05) is 12.1 Å². The first kappa shape index (κ1) is 16.2. The molecule has 2 aromatic rings. The second-order valence-corrected chi connectivity index (χ2v) is 5.75. The molecule has 2 aromatic carbocycles. The number of hydrogen-bond acceptors (Lipinski definition) is 4. The second-order valence-electron chi connectivity index (χ2n) is 5.31. The van der Waals surface area contributed by atoms with Gasteiger partial charge in [0.1, 0.15) is 0 Å². The summed E-state index contributed by atoms with van der Waals surface area (Å²) in [5.41, 5.74) is 1.96. The number of anilines is 1. The maximum absolute atomic E-state index is 12.8. The summed E-state index contributed by atoms with van der Waals surface area (Å²) in [4.78, 5) is 24.5. The van der Waals surface area contributed by atoms with E-state index in [9.17, 15) is 9.59 Å². The van der Waals surface area contributed by atoms with E-state index < -0.39 is 11.9 Å². The molecule has 3 rings (SSSR count). The number of carbonyl (C=O) groups excluding carboxylic acids is 2. The number of halogens is 1. The van der Waals surface area contributed by atoms with E-state index >= 15 is 0 Å². The summed E-state index contributed by atoms with van der Waals surface area (Å²) in [7, 11) is 1.30. The number of methoxy groups -OCH3 is 1. The van der Waals surface area contributed by atoms with Gasteiger partial charge in [0.25, 0.3) is 5.91 Å². The zero-order valence-corrected chi connectivity index (χ0v) is 13.7. The number of rotatable bonds is 4. The van der Waals surface area contributed by atoms with Crippen LogP contribution in [0.25, 0.3) is 0 Å². The number of ether oxygens (including phenoxy) is 1. The molecule has 0 aliphatic carbocycles. The Balaban J connectivity index is 2.00. The lowest BCUT2D eigenvalue weighted by molar-refractivity contribution is -0.142. The van der Waals surface area contributed by atoms with Crippen molar-refractivity contribution < 1.29 is 14.3 Å². The molecule has 0 bridgehead atoms. The molecule has 1 atom stereocenters. The minimum absolute atomic E-state index is 0.0485. The SMILES string of the molecule is COC(=O)CC1C(=O)N(c2ccc(Cl)cc2)N=C1c1ccccc1. The summed E-state index contributed by atoms with van der Waals surface area (Å²) >= 11 is 5.90. The monoisotopic (exact) mass is 342 g/mol. The highest BCUT2D eigenvalue weighted by atomic mass is 35.5. The van der Waals surface area contributed by atoms with E-state index in [0.29, 0.717) is 16.4 Å². The molecule has 0 saturated heterocycles. The van der Waals surface area contributed by atoms with E-state index in [2.05, 4.69) is 5.10 Å². The van der Waals surface area contributed by atoms with Crippen molar-refractivity contribution >= 4 is 34.9 Å². The van der Waals surface area contributed by atoms with Crippen LogP contribution in [-0.4, -0.2) is 24.7 Å². The summed E-state index contributed by atoms with van der Waals surface area (Å²) in [6.07, 6.45) is -0.0485. The van der Waals surface area contributed by atoms with Crippen molar-refractivity contribution in [3.8, 4) is 0 Å². The van der Waals surface area contributed by atoms with Crippen LogP contribution in [0, 0.1) is 5.92 Å². The largest absolute Gasteiger partial charge is 0.469 e. The van der Waals surface area contributed by atoms with Gasteiger partial charge in [0, 0.05) is 5.02 Å². The molecule has 0 radical (unpaired) electrons. The van der Waals surface area contributed by atoms with Crippen LogP contribution in [0.4, 0.5) is 5.69 Å². The third-order valence-corrected chi connectivity index (χ3v) is 4.04. The van der Waals surface area contributed by atoms with Crippen LogP contribution in [0.1, 0.15) is 12.0 Å². The van der Waals surface area contributed by atoms with E-state index in [-0.39, 0.29) is 12.3 Å². The summed E-state index contributed by atoms with van der Waals surface area (Å²) in [6, 6.07) is 16.1. The van der Waals surface area contributed by atoms with Crippen LogP contribution in [0.5, 0.6) is 0 Å². The van der Waals surface area contributed by atoms with Gasteiger partial charge in [0.15, 0.2) is 0 Å². The molecule has 0 saturated carbocycles. The molecule has 6 heteroatoms. The van der Waals surface area contributed by atoms with Gasteiger partial charge in [-0.15, -0.1) is 0 Å². The maximum Gasteiger partial charge on any atom is 0.306 e. The molecule has 0 fully saturated rings. The number of nitrogens with zero attached hydrogens (tertiary/aromatic N) is 2. The molecule has 122 valence electrons. The molecule has 0 aromatic heterocycles. The maximum atomic E-state index is 12.8. The lowest BCUT2D eigenvalue weighted by atomic mass is 9.94. The Morgan fingerprint density at radius 1 is 1.17 bits per heavy atom. The van der Waals surface area contributed by atoms with E-state index in [1.165, 1.54) is 12.1 Å². The van der Waals surface area contributed by atoms with Gasteiger partial charge in [0.05, 0.1) is 30.8 Å². The standard InChI is InChI=1S/C18H15ClN2O3/c1-24-16(22)11-15-17(12-5-3-2-4-6-12)20-21(18(15)23)14-9-7-13(19)8-10-14/h2-10,15H,11H2,1H3. The van der Waals surface area contributed by atoms with E-state index in [1.54, 1.807) is 24.3 Å². The fraction of sp³-hybridized carbons (Fsp3) is 0.167. The molecule has 5 nitrogen and oxygen atoms in total. The third kappa shape index (κ3) is 3.16. The number of hydrazone groups is 1. The molecule has 0 spiro atoms. The zero-order chi connectivity index (χ0) is 17.1. The van der Waals surface area contributed by atoms with E-state index in [0.717, 1.165) is 5.56 Å². The average molecular weight is 343 g/mol. The van der Waals surface area contributed by atoms with Gasteiger partial charge in [-0.25, -0.2) is 0 Å². The predicted molar refractivity (Wildman–Crippen MR) is 92.0 cm³/mol. The van der Waals surface area contributed by atoms with Crippen molar-refractivity contribution in [3.63, 3.8) is 0 Å². The highest BCUT2D eigenvalue weighted by Crippen LogP contribution is 2.29. The number of amides is 1. The van der Waals surface area contributed by atoms with Gasteiger partial charge in [-0.2, -0.15) is 10.1 Å². The number of hydrogen-bond donors (Lipinski definition) is 0. The number of benzene rings is 2. The molecular formula is C18H15ClN2O3. The van der Waals surface area contributed by atoms with Crippen molar-refractivity contribution in [2.24, 2.45) is 11.0 Å². The Labute approximate surface area is 144 Å². The van der Waals surface area contributed by atoms with Crippen LogP contribution in [0.2, 0.25) is 5.02 Å². The Morgan fingerprint density at radius 2 is 1.83 bits per heavy atom. The van der Waals surface area contributed by atoms with Gasteiger partial charge in [-0.1, -0.05) is 41.9 Å². The third-order valence-electron chi connectivity index (χ3n) is 3.78. The smallest absolute Gasteiger partial charge is 0.306 e. The fourth-order valence-electron chi connectivity index (χ4n) is 2.56. The normalized spacial score (nSPS) is 16.9. The predicted octanol–water partition coefficient (Wildman–Crippen LogP) is 3.27. The first-order valence-electron chi connectivity index (χ1n) is 7.40. The molecular weight excluding hydrogens is 328 g/mol. The average Bonchev–Trinajstić information content (AvgIpc) is 2.93. The Hall–Kier alpha value is -2.66. The lowest BCUT2D eigenvalue weighted by Gasteiger charge is -2.14. The first-order chi connectivity index (χ1) is 11.6. The summed E-state index contributed by atoms with van der Waals surface area (Å²) in [5, 5.41) is 6.34. The number of carbonyl (C=O) groups is 2. The summed E-state index contributed by atoms with van der Waals surface area (Å²) in [6.45, 7) is 0. The topological polar surface area (TPSA) is 59.0 Å². The van der Waals surface area contributed by atoms with Crippen molar-refractivity contribution in [2.45, 2.75) is 6.42 Å². The Kier molecular flexibility index (Phi) is 4.62. The fourth-order valence-corrected chi connectivity index (χ4v) is 2.69. The van der Waals surface area contributed by atoms with Gasteiger partial charge in [-0.3, -0.25) is 9.59 Å². The van der Waals surface area contributed by atoms with Crippen LogP contribution in [0.15, 0.2) is 59.7 Å². The molecule has 1 aliphatic heterocycles. The van der Waals surface area contributed by atoms with Crippen molar-refractivity contribution in [1.82, 2.24) is 0 Å². The van der Waals surface area contributed by atoms with Gasteiger partial charge in [0.2, 0.25) is 0 Å². The van der Waals surface area contributed by atoms with Gasteiger partial charge in [-0.05, 0) is 29.8 Å². The molecule has 1 amide bonds. The summed E-state index contributed by atoms with van der Waals surface area (Å²) < 4.78 is 4.72. The minimum Gasteiger partial charge on any atom is -0.469 e. The molecule has 1 aliphatic rings. The number of esters is 1. The second kappa shape index (κ2) is 6.84. The van der Waals surface area contributed by atoms with Gasteiger partial charge >= 0.3 is 5.97 Å².